The van der Waals surface area contributed by atoms with Gasteiger partial charge in [-0.3, -0.25) is 10.5 Å². The van der Waals surface area contributed by atoms with Gasteiger partial charge >= 0.3 is 0 Å². The van der Waals surface area contributed by atoms with Crippen molar-refractivity contribution in [1.29, 1.82) is 5.41 Å². The van der Waals surface area contributed by atoms with E-state index in [1.54, 1.807) is 0 Å². The summed E-state index contributed by atoms with van der Waals surface area (Å²) in [4.78, 5) is 0. The first-order chi connectivity index (χ1) is 6.29. The van der Waals surface area contributed by atoms with Gasteiger partial charge < -0.3 is 5.73 Å². The molecule has 72 valence electrons. The summed E-state index contributed by atoms with van der Waals surface area (Å²) in [7, 11) is 0. The zero-order valence-electron chi connectivity index (χ0n) is 7.42. The van der Waals surface area contributed by atoms with E-state index in [1.807, 2.05) is 12.4 Å². The van der Waals surface area contributed by atoms with E-state index >= 15 is 0 Å². The van der Waals surface area contributed by atoms with Gasteiger partial charge in [0, 0.05) is 11.9 Å². The van der Waals surface area contributed by atoms with Gasteiger partial charge in [0.2, 0.25) is 0 Å². The SMILES string of the molecule is N=C(N)SCCCCc1cn[nH]c1. The van der Waals surface area contributed by atoms with Crippen LogP contribution in [-0.4, -0.2) is 21.1 Å². The van der Waals surface area contributed by atoms with Crippen LogP contribution in [0.3, 0.4) is 0 Å². The lowest BCUT2D eigenvalue weighted by molar-refractivity contribution is 0.804. The quantitative estimate of drug-likeness (QED) is 0.380. The van der Waals surface area contributed by atoms with Crippen LogP contribution in [0.25, 0.3) is 0 Å². The lowest BCUT2D eigenvalue weighted by atomic mass is 10.2. The Balaban J connectivity index is 1.99. The molecule has 0 aliphatic rings. The molecule has 0 unspecified atom stereocenters. The second-order valence-electron chi connectivity index (χ2n) is 2.78. The number of nitrogens with two attached hydrogens (primary N) is 1. The van der Waals surface area contributed by atoms with E-state index in [0.29, 0.717) is 0 Å². The zero-order chi connectivity index (χ0) is 9.52. The Bertz CT molecular complexity index is 245. The molecule has 4 nitrogen and oxygen atoms in total. The predicted octanol–water partition coefficient (Wildman–Crippen LogP) is 1.36. The molecule has 0 spiro atoms. The zero-order valence-corrected chi connectivity index (χ0v) is 8.23. The van der Waals surface area contributed by atoms with Gasteiger partial charge in [0.05, 0.1) is 6.20 Å². The minimum Gasteiger partial charge on any atom is -0.379 e. The summed E-state index contributed by atoms with van der Waals surface area (Å²) >= 11 is 1.41. The van der Waals surface area contributed by atoms with Crippen LogP contribution in [0, 0.1) is 5.41 Å². The number of thioether (sulfide) groups is 1. The molecule has 0 radical (unpaired) electrons. The van der Waals surface area contributed by atoms with Gasteiger partial charge in [0.15, 0.2) is 5.17 Å². The number of nitrogens with zero attached hydrogens (tertiary/aromatic N) is 1. The van der Waals surface area contributed by atoms with Crippen molar-refractivity contribution in [1.82, 2.24) is 10.2 Å². The fourth-order valence-electron chi connectivity index (χ4n) is 1.03. The molecule has 5 heteroatoms. The van der Waals surface area contributed by atoms with Crippen LogP contribution in [0.4, 0.5) is 0 Å². The van der Waals surface area contributed by atoms with Gasteiger partial charge in [0.1, 0.15) is 0 Å². The fourth-order valence-corrected chi connectivity index (χ4v) is 1.60. The molecule has 0 fully saturated rings. The number of hydrogen-bond acceptors (Lipinski definition) is 3. The maximum atomic E-state index is 6.99. The van der Waals surface area contributed by atoms with Crippen LogP contribution >= 0.6 is 11.8 Å². The van der Waals surface area contributed by atoms with E-state index < -0.39 is 0 Å². The molecule has 0 aliphatic heterocycles. The second-order valence-corrected chi connectivity index (χ2v) is 3.91. The molecular formula is C8H14N4S. The van der Waals surface area contributed by atoms with E-state index in [9.17, 15) is 0 Å². The normalized spacial score (nSPS) is 10.2. The number of aromatic amines is 1. The van der Waals surface area contributed by atoms with E-state index in [1.165, 1.54) is 17.3 Å². The minimum atomic E-state index is 0.211. The van der Waals surface area contributed by atoms with E-state index in [4.69, 9.17) is 11.1 Å². The number of hydrogen-bond donors (Lipinski definition) is 3. The highest BCUT2D eigenvalue weighted by molar-refractivity contribution is 8.13. The second kappa shape index (κ2) is 5.64. The van der Waals surface area contributed by atoms with Crippen molar-refractivity contribution < 1.29 is 0 Å². The average molecular weight is 198 g/mol. The third-order valence-corrected chi connectivity index (χ3v) is 2.48. The van der Waals surface area contributed by atoms with Crippen LogP contribution < -0.4 is 5.73 Å². The smallest absolute Gasteiger partial charge is 0.151 e. The molecule has 0 amide bonds. The van der Waals surface area contributed by atoms with Crippen molar-refractivity contribution >= 4 is 16.9 Å². The number of H-pyrrole nitrogens is 1. The Morgan fingerprint density at radius 3 is 3.08 bits per heavy atom. The number of aromatic nitrogens is 2. The Hall–Kier alpha value is -0.970. The number of amidine groups is 1. The Kier molecular flexibility index (Phi) is 4.39. The Labute approximate surface area is 81.8 Å². The summed E-state index contributed by atoms with van der Waals surface area (Å²) < 4.78 is 0. The Morgan fingerprint density at radius 2 is 2.46 bits per heavy atom. The van der Waals surface area contributed by atoms with Crippen LogP contribution in [0.5, 0.6) is 0 Å². The maximum absolute atomic E-state index is 6.99. The minimum absolute atomic E-state index is 0.211. The van der Waals surface area contributed by atoms with Crippen molar-refractivity contribution in [2.75, 3.05) is 5.75 Å². The molecule has 1 heterocycles. The molecule has 0 bridgehead atoms. The standard InChI is InChI=1S/C8H14N4S/c9-8(10)13-4-2-1-3-7-5-11-12-6-7/h5-6H,1-4H2,(H3,9,10)(H,11,12). The van der Waals surface area contributed by atoms with Crippen LogP contribution in [0.2, 0.25) is 0 Å². The van der Waals surface area contributed by atoms with Gasteiger partial charge in [-0.2, -0.15) is 5.10 Å². The Morgan fingerprint density at radius 1 is 1.62 bits per heavy atom. The molecule has 0 aliphatic carbocycles. The highest BCUT2D eigenvalue weighted by Crippen LogP contribution is 2.06. The summed E-state index contributed by atoms with van der Waals surface area (Å²) in [6.45, 7) is 0. The molecule has 1 rings (SSSR count). The number of rotatable bonds is 5. The molecule has 4 N–H and O–H groups in total. The molecule has 1 aromatic rings. The first-order valence-electron chi connectivity index (χ1n) is 4.23. The topological polar surface area (TPSA) is 78.6 Å². The lowest BCUT2D eigenvalue weighted by Gasteiger charge is -1.98. The van der Waals surface area contributed by atoms with E-state index in [0.717, 1.165) is 25.0 Å². The van der Waals surface area contributed by atoms with E-state index in [-0.39, 0.29) is 5.17 Å². The highest BCUT2D eigenvalue weighted by Gasteiger charge is 1.95. The van der Waals surface area contributed by atoms with Crippen LogP contribution in [-0.2, 0) is 6.42 Å². The summed E-state index contributed by atoms with van der Waals surface area (Å²) in [5.74, 6) is 0.938. The number of unbranched alkanes of at least 4 members (excludes halogenated alkanes) is 1. The van der Waals surface area contributed by atoms with E-state index in [2.05, 4.69) is 10.2 Å². The first-order valence-corrected chi connectivity index (χ1v) is 5.22. The summed E-state index contributed by atoms with van der Waals surface area (Å²) in [6, 6.07) is 0. The number of aryl methyl sites for hydroxylation is 1. The fraction of sp³-hybridized carbons (Fsp3) is 0.500. The highest BCUT2D eigenvalue weighted by atomic mass is 32.2. The lowest BCUT2D eigenvalue weighted by Crippen LogP contribution is -2.04. The predicted molar refractivity (Wildman–Crippen MR) is 55.9 cm³/mol. The summed E-state index contributed by atoms with van der Waals surface area (Å²) in [5, 5.41) is 13.9. The molecule has 0 atom stereocenters. The number of nitrogens with one attached hydrogen (secondary N) is 2. The van der Waals surface area contributed by atoms with Crippen molar-refractivity contribution in [3.8, 4) is 0 Å². The third-order valence-electron chi connectivity index (χ3n) is 1.67. The molecular weight excluding hydrogens is 184 g/mol. The first kappa shape index (κ1) is 10.1. The third kappa shape index (κ3) is 4.57. The molecule has 13 heavy (non-hydrogen) atoms. The largest absolute Gasteiger partial charge is 0.379 e. The molecule has 0 saturated heterocycles. The van der Waals surface area contributed by atoms with Crippen molar-refractivity contribution in [2.45, 2.75) is 19.3 Å². The van der Waals surface area contributed by atoms with Crippen LogP contribution in [0.1, 0.15) is 18.4 Å². The van der Waals surface area contributed by atoms with Crippen molar-refractivity contribution in [2.24, 2.45) is 5.73 Å². The molecule has 0 aromatic carbocycles. The van der Waals surface area contributed by atoms with Gasteiger partial charge in [0.25, 0.3) is 0 Å². The maximum Gasteiger partial charge on any atom is 0.151 e. The monoisotopic (exact) mass is 198 g/mol. The summed E-state index contributed by atoms with van der Waals surface area (Å²) in [6.07, 6.45) is 7.03. The summed E-state index contributed by atoms with van der Waals surface area (Å²) in [5.41, 5.74) is 6.44. The van der Waals surface area contributed by atoms with Gasteiger partial charge in [-0.05, 0) is 24.8 Å². The van der Waals surface area contributed by atoms with Gasteiger partial charge in [-0.15, -0.1) is 0 Å². The van der Waals surface area contributed by atoms with Crippen LogP contribution in [0.15, 0.2) is 12.4 Å². The van der Waals surface area contributed by atoms with Gasteiger partial charge in [-0.25, -0.2) is 0 Å². The van der Waals surface area contributed by atoms with Crippen molar-refractivity contribution in [3.05, 3.63) is 18.0 Å². The molecule has 0 saturated carbocycles. The van der Waals surface area contributed by atoms with Gasteiger partial charge in [-0.1, -0.05) is 11.8 Å². The molecule has 1 aromatic heterocycles. The average Bonchev–Trinajstić information content (AvgIpc) is 2.55. The van der Waals surface area contributed by atoms with Crippen molar-refractivity contribution in [3.63, 3.8) is 0 Å².